The van der Waals surface area contributed by atoms with Crippen LogP contribution < -0.4 is 9.47 Å². The maximum absolute atomic E-state index is 8.62. The van der Waals surface area contributed by atoms with Gasteiger partial charge >= 0.3 is 0 Å². The first-order valence-electron chi connectivity index (χ1n) is 5.27. The van der Waals surface area contributed by atoms with Crippen LogP contribution in [0.25, 0.3) is 0 Å². The zero-order valence-electron chi connectivity index (χ0n) is 10.0. The molecule has 0 aliphatic carbocycles. The molecular formula is C13H11N3O2. The summed E-state index contributed by atoms with van der Waals surface area (Å²) in [5, 5.41) is 8.62. The summed E-state index contributed by atoms with van der Waals surface area (Å²) in [6.07, 6.45) is 2.76. The number of hydrogen-bond donors (Lipinski definition) is 0. The van der Waals surface area contributed by atoms with Crippen molar-refractivity contribution < 1.29 is 9.47 Å². The Morgan fingerprint density at radius 2 is 2.00 bits per heavy atom. The number of aromatic nitrogens is 2. The topological polar surface area (TPSA) is 68.0 Å². The van der Waals surface area contributed by atoms with Gasteiger partial charge in [-0.2, -0.15) is 5.26 Å². The third-order valence-electron chi connectivity index (χ3n) is 2.28. The van der Waals surface area contributed by atoms with E-state index in [9.17, 15) is 0 Å². The van der Waals surface area contributed by atoms with Gasteiger partial charge in [0.2, 0.25) is 5.88 Å². The molecule has 0 spiro atoms. The van der Waals surface area contributed by atoms with Crippen molar-refractivity contribution in [3.05, 3.63) is 41.9 Å². The molecular weight excluding hydrogens is 230 g/mol. The second-order valence-electron chi connectivity index (χ2n) is 3.61. The van der Waals surface area contributed by atoms with Crippen LogP contribution in [0.2, 0.25) is 0 Å². The van der Waals surface area contributed by atoms with Crippen molar-refractivity contribution in [3.63, 3.8) is 0 Å². The van der Waals surface area contributed by atoms with Crippen molar-refractivity contribution in [2.75, 3.05) is 7.11 Å². The molecule has 0 radical (unpaired) electrons. The lowest BCUT2D eigenvalue weighted by molar-refractivity contribution is 0.373. The van der Waals surface area contributed by atoms with Gasteiger partial charge in [-0.05, 0) is 24.6 Å². The van der Waals surface area contributed by atoms with Gasteiger partial charge in [-0.1, -0.05) is 6.07 Å². The van der Waals surface area contributed by atoms with Crippen molar-refractivity contribution in [1.82, 2.24) is 9.97 Å². The fourth-order valence-electron chi connectivity index (χ4n) is 1.40. The normalized spacial score (nSPS) is 9.61. The van der Waals surface area contributed by atoms with Crippen LogP contribution in [0.3, 0.4) is 0 Å². The number of aryl methyl sites for hydroxylation is 1. The van der Waals surface area contributed by atoms with E-state index in [1.807, 2.05) is 25.1 Å². The highest BCUT2D eigenvalue weighted by Crippen LogP contribution is 2.30. The molecule has 1 aromatic carbocycles. The number of benzene rings is 1. The molecule has 1 aromatic heterocycles. The Hall–Kier alpha value is -2.61. The van der Waals surface area contributed by atoms with E-state index in [1.54, 1.807) is 13.2 Å². The molecule has 0 bridgehead atoms. The second-order valence-corrected chi connectivity index (χ2v) is 3.61. The van der Waals surface area contributed by atoms with Crippen molar-refractivity contribution in [2.45, 2.75) is 6.92 Å². The monoisotopic (exact) mass is 241 g/mol. The Labute approximate surface area is 105 Å². The minimum atomic E-state index is 0.248. The van der Waals surface area contributed by atoms with E-state index in [2.05, 4.69) is 9.97 Å². The molecule has 0 unspecified atom stereocenters. The maximum atomic E-state index is 8.62. The first-order chi connectivity index (χ1) is 8.72. The van der Waals surface area contributed by atoms with Gasteiger partial charge in [0.25, 0.3) is 0 Å². The molecule has 90 valence electrons. The van der Waals surface area contributed by atoms with E-state index in [-0.39, 0.29) is 5.69 Å². The van der Waals surface area contributed by atoms with Gasteiger partial charge in [-0.25, -0.2) is 9.97 Å². The van der Waals surface area contributed by atoms with E-state index < -0.39 is 0 Å². The van der Waals surface area contributed by atoms with Crippen molar-refractivity contribution >= 4 is 0 Å². The molecule has 2 rings (SSSR count). The van der Waals surface area contributed by atoms with Gasteiger partial charge in [0.15, 0.2) is 17.2 Å². The summed E-state index contributed by atoms with van der Waals surface area (Å²) < 4.78 is 10.8. The molecule has 0 N–H and O–H groups in total. The molecule has 0 aliphatic rings. The Morgan fingerprint density at radius 3 is 2.61 bits per heavy atom. The van der Waals surface area contributed by atoms with Gasteiger partial charge in [-0.3, -0.25) is 0 Å². The van der Waals surface area contributed by atoms with Crippen LogP contribution in [0.4, 0.5) is 0 Å². The van der Waals surface area contributed by atoms with Crippen molar-refractivity contribution in [1.29, 1.82) is 5.26 Å². The number of nitriles is 1. The summed E-state index contributed by atoms with van der Waals surface area (Å²) in [5.41, 5.74) is 1.32. The van der Waals surface area contributed by atoms with Gasteiger partial charge in [0, 0.05) is 0 Å². The molecule has 0 amide bonds. The largest absolute Gasteiger partial charge is 0.493 e. The lowest BCUT2D eigenvalue weighted by Crippen LogP contribution is -1.94. The molecule has 1 heterocycles. The Bertz CT molecular complexity index is 588. The Morgan fingerprint density at radius 1 is 1.17 bits per heavy atom. The van der Waals surface area contributed by atoms with Crippen molar-refractivity contribution in [2.24, 2.45) is 0 Å². The highest BCUT2D eigenvalue weighted by molar-refractivity contribution is 5.44. The van der Waals surface area contributed by atoms with Crippen LogP contribution in [0, 0.1) is 18.3 Å². The predicted molar refractivity (Wildman–Crippen MR) is 64.6 cm³/mol. The lowest BCUT2D eigenvalue weighted by atomic mass is 10.2. The van der Waals surface area contributed by atoms with Crippen LogP contribution in [0.15, 0.2) is 30.6 Å². The highest BCUT2D eigenvalue weighted by Gasteiger charge is 2.06. The predicted octanol–water partition coefficient (Wildman–Crippen LogP) is 2.46. The number of nitrogens with zero attached hydrogens (tertiary/aromatic N) is 3. The number of ether oxygens (including phenoxy) is 2. The lowest BCUT2D eigenvalue weighted by Gasteiger charge is -2.09. The Kier molecular flexibility index (Phi) is 3.39. The van der Waals surface area contributed by atoms with Gasteiger partial charge in [0.1, 0.15) is 6.07 Å². The number of hydrogen-bond acceptors (Lipinski definition) is 5. The zero-order chi connectivity index (χ0) is 13.0. The fourth-order valence-corrected chi connectivity index (χ4v) is 1.40. The van der Waals surface area contributed by atoms with Crippen LogP contribution in [0.1, 0.15) is 11.3 Å². The van der Waals surface area contributed by atoms with Crippen LogP contribution in [-0.4, -0.2) is 17.1 Å². The summed E-state index contributed by atoms with van der Waals surface area (Å²) >= 11 is 0. The molecule has 2 aromatic rings. The average molecular weight is 241 g/mol. The zero-order valence-corrected chi connectivity index (χ0v) is 10.0. The summed E-state index contributed by atoms with van der Waals surface area (Å²) in [5.74, 6) is 1.50. The standard InChI is InChI=1S/C13H11N3O2/c1-9-3-4-11(12(5-9)17-2)18-13-8-15-10(6-14)7-16-13/h3-5,7-8H,1-2H3. The van der Waals surface area contributed by atoms with E-state index in [0.29, 0.717) is 17.4 Å². The minimum Gasteiger partial charge on any atom is -0.493 e. The third-order valence-corrected chi connectivity index (χ3v) is 2.28. The van der Waals surface area contributed by atoms with Gasteiger partial charge in [-0.15, -0.1) is 0 Å². The highest BCUT2D eigenvalue weighted by atomic mass is 16.5. The molecule has 0 saturated heterocycles. The average Bonchev–Trinajstić information content (AvgIpc) is 2.41. The Balaban J connectivity index is 2.25. The number of methoxy groups -OCH3 is 1. The van der Waals surface area contributed by atoms with Crippen LogP contribution >= 0.6 is 0 Å². The number of rotatable bonds is 3. The second kappa shape index (κ2) is 5.15. The minimum absolute atomic E-state index is 0.248. The molecule has 0 saturated carbocycles. The van der Waals surface area contributed by atoms with Crippen LogP contribution in [0.5, 0.6) is 17.4 Å². The molecule has 0 aliphatic heterocycles. The quantitative estimate of drug-likeness (QED) is 0.825. The van der Waals surface area contributed by atoms with E-state index in [1.165, 1.54) is 12.4 Å². The summed E-state index contributed by atoms with van der Waals surface area (Å²) in [4.78, 5) is 7.86. The third kappa shape index (κ3) is 2.55. The molecule has 0 fully saturated rings. The first kappa shape index (κ1) is 11.9. The molecule has 5 nitrogen and oxygen atoms in total. The van der Waals surface area contributed by atoms with E-state index in [0.717, 1.165) is 5.56 Å². The van der Waals surface area contributed by atoms with Crippen LogP contribution in [-0.2, 0) is 0 Å². The first-order valence-corrected chi connectivity index (χ1v) is 5.27. The van der Waals surface area contributed by atoms with Gasteiger partial charge in [0.05, 0.1) is 19.5 Å². The maximum Gasteiger partial charge on any atom is 0.238 e. The molecule has 5 heteroatoms. The van der Waals surface area contributed by atoms with E-state index in [4.69, 9.17) is 14.7 Å². The van der Waals surface area contributed by atoms with Crippen molar-refractivity contribution in [3.8, 4) is 23.4 Å². The molecule has 18 heavy (non-hydrogen) atoms. The summed E-state index contributed by atoms with van der Waals surface area (Å²) in [7, 11) is 1.58. The molecule has 0 atom stereocenters. The van der Waals surface area contributed by atoms with E-state index >= 15 is 0 Å². The fraction of sp³-hybridized carbons (Fsp3) is 0.154. The summed E-state index contributed by atoms with van der Waals surface area (Å²) in [6, 6.07) is 7.47. The smallest absolute Gasteiger partial charge is 0.238 e. The van der Waals surface area contributed by atoms with Gasteiger partial charge < -0.3 is 9.47 Å². The summed E-state index contributed by atoms with van der Waals surface area (Å²) in [6.45, 7) is 1.97. The SMILES string of the molecule is COc1cc(C)ccc1Oc1cnc(C#N)cn1.